The molecular weight excluding hydrogens is 304 g/mol. The van der Waals surface area contributed by atoms with Gasteiger partial charge in [0.05, 0.1) is 0 Å². The van der Waals surface area contributed by atoms with E-state index in [1.54, 1.807) is 0 Å². The Hall–Kier alpha value is -3.11. The molecule has 11 nitrogen and oxygen atoms in total. The predicted molar refractivity (Wildman–Crippen MR) is 60.5 cm³/mol. The number of ether oxygens (including phenoxy) is 2. The van der Waals surface area contributed by atoms with Crippen molar-refractivity contribution in [1.29, 1.82) is 0 Å². The normalized spacial score (nSPS) is 18.0. The zero-order valence-electron chi connectivity index (χ0n) is 10.9. The first-order valence-electron chi connectivity index (χ1n) is 6.00. The van der Waals surface area contributed by atoms with E-state index < -0.39 is 42.0 Å². The molecule has 2 rings (SSSR count). The summed E-state index contributed by atoms with van der Waals surface area (Å²) in [6.07, 6.45) is -5.95. The lowest BCUT2D eigenvalue weighted by Gasteiger charge is -2.12. The first kappa shape index (κ1) is 15.3. The molecule has 0 unspecified atom stereocenters. The van der Waals surface area contributed by atoms with Crippen LogP contribution in [0.3, 0.4) is 0 Å². The van der Waals surface area contributed by atoms with Crippen LogP contribution in [0.15, 0.2) is 0 Å². The average Bonchev–Trinajstić information content (AvgIpc) is 2.92. The second-order valence-corrected chi connectivity index (χ2v) is 4.23. The number of hydrogen-bond acceptors (Lipinski definition) is 9. The molecule has 2 heterocycles. The third-order valence-electron chi connectivity index (χ3n) is 2.81. The summed E-state index contributed by atoms with van der Waals surface area (Å²) in [5, 5.41) is 0. The Morgan fingerprint density at radius 1 is 0.636 bits per heavy atom. The van der Waals surface area contributed by atoms with Gasteiger partial charge in [0.1, 0.15) is 0 Å². The monoisotopic (exact) mass is 312 g/mol. The number of carbonyl (C=O) groups is 7. The molecule has 2 saturated heterocycles. The predicted octanol–water partition coefficient (Wildman–Crippen LogP) is -0.322. The molecule has 2 aliphatic rings. The number of imide groups is 6. The van der Waals surface area contributed by atoms with E-state index in [1.807, 2.05) is 0 Å². The van der Waals surface area contributed by atoms with E-state index in [0.717, 1.165) is 0 Å². The topological polar surface area (TPSA) is 144 Å². The Bertz CT molecular complexity index is 539. The summed E-state index contributed by atoms with van der Waals surface area (Å²) in [6.45, 7) is 0. The molecule has 2 fully saturated rings. The van der Waals surface area contributed by atoms with Crippen molar-refractivity contribution in [3.05, 3.63) is 0 Å². The summed E-state index contributed by atoms with van der Waals surface area (Å²) in [7, 11) is 0. The van der Waals surface area contributed by atoms with Crippen LogP contribution >= 0.6 is 0 Å². The van der Waals surface area contributed by atoms with Gasteiger partial charge in [0.25, 0.3) is 0 Å². The van der Waals surface area contributed by atoms with E-state index in [4.69, 9.17) is 0 Å². The largest absolute Gasteiger partial charge is 0.526 e. The fourth-order valence-corrected chi connectivity index (χ4v) is 1.82. The summed E-state index contributed by atoms with van der Waals surface area (Å²) in [4.78, 5) is 79.1. The van der Waals surface area contributed by atoms with E-state index in [1.165, 1.54) is 0 Å². The minimum absolute atomic E-state index is 0.0951. The number of rotatable bonds is 0. The van der Waals surface area contributed by atoms with Gasteiger partial charge in [-0.2, -0.15) is 9.80 Å². The highest BCUT2D eigenvalue weighted by Gasteiger charge is 2.40. The molecule has 11 heteroatoms. The van der Waals surface area contributed by atoms with E-state index in [0.29, 0.717) is 0 Å². The van der Waals surface area contributed by atoms with Crippen LogP contribution in [0, 0.1) is 0 Å². The zero-order valence-corrected chi connectivity index (χ0v) is 10.9. The lowest BCUT2D eigenvalue weighted by Crippen LogP contribution is -2.40. The van der Waals surface area contributed by atoms with E-state index >= 15 is 0 Å². The van der Waals surface area contributed by atoms with Crippen LogP contribution in [-0.4, -0.2) is 51.8 Å². The molecule has 0 aromatic heterocycles. The molecule has 0 radical (unpaired) electrons. The van der Waals surface area contributed by atoms with Crippen molar-refractivity contribution < 1.29 is 43.0 Å². The van der Waals surface area contributed by atoms with Crippen molar-refractivity contribution in [2.45, 2.75) is 25.7 Å². The molecule has 0 aliphatic carbocycles. The van der Waals surface area contributed by atoms with Gasteiger partial charge in [-0.1, -0.05) is 0 Å². The SMILES string of the molecule is O=C(OC(=O)N1C(=O)CCC1=O)OC(=O)N1C(=O)CCC1=O. The highest BCUT2D eigenvalue weighted by atomic mass is 16.8. The highest BCUT2D eigenvalue weighted by molar-refractivity contribution is 6.16. The van der Waals surface area contributed by atoms with Crippen LogP contribution in [0.5, 0.6) is 0 Å². The molecule has 6 amide bonds. The molecule has 2 aliphatic heterocycles. The lowest BCUT2D eigenvalue weighted by atomic mass is 10.4. The van der Waals surface area contributed by atoms with Gasteiger partial charge in [0.2, 0.25) is 23.6 Å². The summed E-state index contributed by atoms with van der Waals surface area (Å²) < 4.78 is 7.98. The van der Waals surface area contributed by atoms with Gasteiger partial charge >= 0.3 is 18.3 Å². The van der Waals surface area contributed by atoms with Gasteiger partial charge in [0.15, 0.2) is 0 Å². The van der Waals surface area contributed by atoms with Crippen molar-refractivity contribution in [2.75, 3.05) is 0 Å². The summed E-state index contributed by atoms with van der Waals surface area (Å²) in [6, 6.07) is 0. The molecule has 22 heavy (non-hydrogen) atoms. The summed E-state index contributed by atoms with van der Waals surface area (Å²) in [5.74, 6) is -3.45. The first-order chi connectivity index (χ1) is 10.3. The van der Waals surface area contributed by atoms with E-state index in [2.05, 4.69) is 9.47 Å². The molecule has 0 bridgehead atoms. The van der Waals surface area contributed by atoms with Gasteiger partial charge < -0.3 is 9.47 Å². The van der Waals surface area contributed by atoms with Crippen LogP contribution in [0.1, 0.15) is 25.7 Å². The Morgan fingerprint density at radius 3 is 1.18 bits per heavy atom. The van der Waals surface area contributed by atoms with Crippen molar-refractivity contribution >= 4 is 42.0 Å². The number of carbonyl (C=O) groups excluding carboxylic acids is 7. The molecule has 0 aromatic carbocycles. The second kappa shape index (κ2) is 5.71. The van der Waals surface area contributed by atoms with Crippen LogP contribution in [-0.2, 0) is 28.7 Å². The molecular formula is C11H8N2O9. The van der Waals surface area contributed by atoms with Gasteiger partial charge in [0, 0.05) is 25.7 Å². The minimum atomic E-state index is -1.87. The van der Waals surface area contributed by atoms with Crippen LogP contribution < -0.4 is 0 Å². The van der Waals surface area contributed by atoms with E-state index in [9.17, 15) is 33.6 Å². The second-order valence-electron chi connectivity index (χ2n) is 4.23. The van der Waals surface area contributed by atoms with Gasteiger partial charge in [-0.25, -0.2) is 14.4 Å². The van der Waals surface area contributed by atoms with Gasteiger partial charge in [-0.15, -0.1) is 0 Å². The zero-order chi connectivity index (χ0) is 16.4. The molecule has 116 valence electrons. The number of hydrogen-bond donors (Lipinski definition) is 0. The fraction of sp³-hybridized carbons (Fsp3) is 0.364. The molecule has 0 saturated carbocycles. The molecule has 0 atom stereocenters. The fourth-order valence-electron chi connectivity index (χ4n) is 1.82. The smallest absolute Gasteiger partial charge is 0.342 e. The number of likely N-dealkylation sites (tertiary alicyclic amines) is 2. The van der Waals surface area contributed by atoms with Crippen LogP contribution in [0.25, 0.3) is 0 Å². The quantitative estimate of drug-likeness (QED) is 0.333. The molecule has 0 spiro atoms. The Morgan fingerprint density at radius 2 is 0.909 bits per heavy atom. The minimum Gasteiger partial charge on any atom is -0.342 e. The lowest BCUT2D eigenvalue weighted by molar-refractivity contribution is -0.137. The maximum atomic E-state index is 11.4. The third kappa shape index (κ3) is 2.82. The Balaban J connectivity index is 1.93. The number of amides is 6. The Labute approximate surface area is 121 Å². The summed E-state index contributed by atoms with van der Waals surface area (Å²) in [5.41, 5.74) is 0. The molecule has 0 aromatic rings. The van der Waals surface area contributed by atoms with E-state index in [-0.39, 0.29) is 35.5 Å². The first-order valence-corrected chi connectivity index (χ1v) is 6.00. The number of nitrogens with zero attached hydrogens (tertiary/aromatic N) is 2. The van der Waals surface area contributed by atoms with Crippen molar-refractivity contribution in [2.24, 2.45) is 0 Å². The van der Waals surface area contributed by atoms with Gasteiger partial charge in [-0.05, 0) is 0 Å². The van der Waals surface area contributed by atoms with Crippen LogP contribution in [0.4, 0.5) is 14.4 Å². The maximum absolute atomic E-state index is 11.4. The van der Waals surface area contributed by atoms with Crippen molar-refractivity contribution in [1.82, 2.24) is 9.80 Å². The Kier molecular flexibility index (Phi) is 3.97. The third-order valence-corrected chi connectivity index (χ3v) is 2.81. The van der Waals surface area contributed by atoms with Crippen LogP contribution in [0.2, 0.25) is 0 Å². The van der Waals surface area contributed by atoms with Gasteiger partial charge in [-0.3, -0.25) is 19.2 Å². The maximum Gasteiger partial charge on any atom is 0.526 e. The van der Waals surface area contributed by atoms with Crippen molar-refractivity contribution in [3.8, 4) is 0 Å². The molecule has 0 N–H and O–H groups in total. The van der Waals surface area contributed by atoms with Crippen molar-refractivity contribution in [3.63, 3.8) is 0 Å². The highest BCUT2D eigenvalue weighted by Crippen LogP contribution is 2.15. The average molecular weight is 312 g/mol. The summed E-state index contributed by atoms with van der Waals surface area (Å²) >= 11 is 0. The standard InChI is InChI=1S/C11H8N2O9/c14-5-1-2-6(15)12(5)9(18)21-11(20)22-10(19)13-7(16)3-4-8(13)17/h1-4H2.